The Balaban J connectivity index is 3.10. The van der Waals surface area contributed by atoms with Crippen LogP contribution in [-0.2, 0) is 0 Å². The van der Waals surface area contributed by atoms with Crippen molar-refractivity contribution in [3.05, 3.63) is 0 Å². The van der Waals surface area contributed by atoms with E-state index in [-0.39, 0.29) is 12.6 Å². The van der Waals surface area contributed by atoms with Crippen molar-refractivity contribution in [3.8, 4) is 0 Å². The Hall–Kier alpha value is -0.0800. The summed E-state index contributed by atoms with van der Waals surface area (Å²) < 4.78 is 0. The lowest BCUT2D eigenvalue weighted by Crippen LogP contribution is -2.16. The Morgan fingerprint density at radius 1 is 1.50 bits per heavy atom. The van der Waals surface area contributed by atoms with Gasteiger partial charge in [0.15, 0.2) is 0 Å². The molecule has 49 valence electrons. The summed E-state index contributed by atoms with van der Waals surface area (Å²) >= 11 is 0. The Bertz CT molecular complexity index is 54.5. The van der Waals surface area contributed by atoms with Crippen molar-refractivity contribution in [1.82, 2.24) is 5.73 Å². The van der Waals surface area contributed by atoms with Crippen LogP contribution in [-0.4, -0.2) is 17.8 Å². The third-order valence-corrected chi connectivity index (χ3v) is 0.976. The minimum absolute atomic E-state index is 0.00181. The maximum Gasteiger partial charge on any atom is 0.0598 e. The summed E-state index contributed by atoms with van der Waals surface area (Å²) in [6.45, 7) is 4.10. The molecular weight excluding hydrogens is 102 g/mol. The molecule has 0 spiro atoms. The Kier molecular flexibility index (Phi) is 3.83. The van der Waals surface area contributed by atoms with Gasteiger partial charge in [-0.15, -0.1) is 0 Å². The lowest BCUT2D eigenvalue weighted by Gasteiger charge is -2.08. The van der Waals surface area contributed by atoms with Crippen LogP contribution in [0.25, 0.3) is 0 Å². The third-order valence-electron chi connectivity index (χ3n) is 0.976. The van der Waals surface area contributed by atoms with Gasteiger partial charge in [-0.2, -0.15) is 0 Å². The van der Waals surface area contributed by atoms with Crippen LogP contribution in [0.3, 0.4) is 0 Å². The number of nitrogens with one attached hydrogen (secondary N) is 1. The summed E-state index contributed by atoms with van der Waals surface area (Å²) in [5.74, 6) is 0.532. The van der Waals surface area contributed by atoms with E-state index in [9.17, 15) is 0 Å². The molecule has 0 fully saturated rings. The molecule has 2 nitrogen and oxygen atoms in total. The Labute approximate surface area is 50.7 Å². The van der Waals surface area contributed by atoms with Crippen molar-refractivity contribution in [3.63, 3.8) is 0 Å². The van der Waals surface area contributed by atoms with Gasteiger partial charge in [-0.05, 0) is 12.3 Å². The third kappa shape index (κ3) is 4.09. The van der Waals surface area contributed by atoms with Crippen LogP contribution in [0.1, 0.15) is 20.3 Å². The van der Waals surface area contributed by atoms with Crippen molar-refractivity contribution in [2.24, 2.45) is 5.92 Å². The molecule has 0 unspecified atom stereocenters. The molecule has 0 bridgehead atoms. The molecule has 2 heteroatoms. The molecule has 0 aromatic carbocycles. The minimum atomic E-state index is -0.269. The zero-order valence-corrected chi connectivity index (χ0v) is 5.52. The molecule has 1 atom stereocenters. The van der Waals surface area contributed by atoms with Crippen LogP contribution < -0.4 is 5.73 Å². The quantitative estimate of drug-likeness (QED) is 0.579. The molecule has 0 aliphatic rings. The summed E-state index contributed by atoms with van der Waals surface area (Å²) in [5, 5.41) is 8.40. The summed E-state index contributed by atoms with van der Waals surface area (Å²) in [5.41, 5.74) is 7.10. The molecule has 0 aliphatic carbocycles. The first-order chi connectivity index (χ1) is 3.66. The van der Waals surface area contributed by atoms with E-state index in [1.807, 2.05) is 0 Å². The normalized spacial score (nSPS) is 14.6. The van der Waals surface area contributed by atoms with Gasteiger partial charge in [-0.25, -0.2) is 0 Å². The smallest absolute Gasteiger partial charge is 0.0598 e. The molecule has 2 N–H and O–H groups in total. The zero-order valence-electron chi connectivity index (χ0n) is 5.52. The molecular formula is C6H14NO. The first-order valence-corrected chi connectivity index (χ1v) is 2.98. The molecule has 0 rings (SSSR count). The highest BCUT2D eigenvalue weighted by Crippen LogP contribution is 2.01. The van der Waals surface area contributed by atoms with Crippen molar-refractivity contribution < 1.29 is 5.11 Å². The zero-order chi connectivity index (χ0) is 6.57. The van der Waals surface area contributed by atoms with Crippen LogP contribution in [0.2, 0.25) is 0 Å². The highest BCUT2D eigenvalue weighted by Gasteiger charge is 2.02. The van der Waals surface area contributed by atoms with Gasteiger partial charge in [-0.3, -0.25) is 5.73 Å². The van der Waals surface area contributed by atoms with Gasteiger partial charge in [-0.1, -0.05) is 13.8 Å². The second kappa shape index (κ2) is 3.87. The van der Waals surface area contributed by atoms with E-state index in [0.29, 0.717) is 5.92 Å². The molecule has 0 aromatic rings. The van der Waals surface area contributed by atoms with Gasteiger partial charge in [0.05, 0.1) is 6.61 Å². The van der Waals surface area contributed by atoms with E-state index >= 15 is 0 Å². The molecule has 0 saturated heterocycles. The van der Waals surface area contributed by atoms with Crippen molar-refractivity contribution in [1.29, 1.82) is 0 Å². The van der Waals surface area contributed by atoms with E-state index < -0.39 is 0 Å². The first-order valence-electron chi connectivity index (χ1n) is 2.98. The topological polar surface area (TPSA) is 44.0 Å². The van der Waals surface area contributed by atoms with Gasteiger partial charge in [0.1, 0.15) is 0 Å². The maximum atomic E-state index is 8.40. The fourth-order valence-corrected chi connectivity index (χ4v) is 0.644. The Morgan fingerprint density at radius 3 is 2.12 bits per heavy atom. The van der Waals surface area contributed by atoms with E-state index in [0.717, 1.165) is 6.42 Å². The van der Waals surface area contributed by atoms with Gasteiger partial charge in [0.25, 0.3) is 0 Å². The minimum Gasteiger partial charge on any atom is -0.395 e. The lowest BCUT2D eigenvalue weighted by molar-refractivity contribution is 0.246. The Morgan fingerprint density at radius 2 is 2.00 bits per heavy atom. The second-order valence-corrected chi connectivity index (χ2v) is 2.51. The maximum absolute atomic E-state index is 8.40. The molecule has 0 aliphatic heterocycles. The van der Waals surface area contributed by atoms with Crippen molar-refractivity contribution in [2.45, 2.75) is 26.3 Å². The highest BCUT2D eigenvalue weighted by molar-refractivity contribution is 4.59. The predicted molar refractivity (Wildman–Crippen MR) is 33.4 cm³/mol. The summed E-state index contributed by atoms with van der Waals surface area (Å²) in [4.78, 5) is 0. The van der Waals surface area contributed by atoms with Gasteiger partial charge < -0.3 is 5.11 Å². The second-order valence-electron chi connectivity index (χ2n) is 2.51. The standard InChI is InChI=1S/C6H14NO/c1-5(2)3-6(7)4-8/h5-8H,3-4H2,1-2H3/t6-/m1/s1. The van der Waals surface area contributed by atoms with Crippen molar-refractivity contribution in [2.75, 3.05) is 6.61 Å². The molecule has 0 saturated carbocycles. The predicted octanol–water partition coefficient (Wildman–Crippen LogP) is 0.676. The highest BCUT2D eigenvalue weighted by atomic mass is 16.3. The summed E-state index contributed by atoms with van der Waals surface area (Å²) in [6.07, 6.45) is 0.802. The summed E-state index contributed by atoms with van der Waals surface area (Å²) in [6, 6.07) is -0.269. The molecule has 8 heavy (non-hydrogen) atoms. The van der Waals surface area contributed by atoms with E-state index in [2.05, 4.69) is 13.8 Å². The number of hydrogen-bond donors (Lipinski definition) is 1. The van der Waals surface area contributed by atoms with Crippen molar-refractivity contribution >= 4 is 0 Å². The molecule has 0 amide bonds. The van der Waals surface area contributed by atoms with Gasteiger partial charge in [0.2, 0.25) is 0 Å². The number of aliphatic hydroxyl groups is 1. The van der Waals surface area contributed by atoms with E-state index in [1.54, 1.807) is 0 Å². The van der Waals surface area contributed by atoms with Crippen LogP contribution >= 0.6 is 0 Å². The molecule has 0 heterocycles. The fraction of sp³-hybridized carbons (Fsp3) is 1.00. The molecule has 0 aromatic heterocycles. The van der Waals surface area contributed by atoms with E-state index in [1.165, 1.54) is 0 Å². The number of hydrogen-bond acceptors (Lipinski definition) is 1. The largest absolute Gasteiger partial charge is 0.395 e. The van der Waals surface area contributed by atoms with Gasteiger partial charge in [0, 0.05) is 6.04 Å². The molecule has 1 radical (unpaired) electrons. The summed E-state index contributed by atoms with van der Waals surface area (Å²) in [7, 11) is 0. The number of rotatable bonds is 3. The average Bonchev–Trinajstić information content (AvgIpc) is 1.65. The first kappa shape index (κ1) is 7.92. The van der Waals surface area contributed by atoms with Crippen LogP contribution in [0, 0.1) is 5.92 Å². The average molecular weight is 116 g/mol. The number of aliphatic hydroxyl groups excluding tert-OH is 1. The monoisotopic (exact) mass is 116 g/mol. The van der Waals surface area contributed by atoms with Crippen LogP contribution in [0.15, 0.2) is 0 Å². The lowest BCUT2D eigenvalue weighted by atomic mass is 10.1. The van der Waals surface area contributed by atoms with Crippen LogP contribution in [0.4, 0.5) is 0 Å². The SMILES string of the molecule is CC(C)C[C@@H]([NH])CO. The van der Waals surface area contributed by atoms with Crippen LogP contribution in [0.5, 0.6) is 0 Å². The van der Waals surface area contributed by atoms with Gasteiger partial charge >= 0.3 is 0 Å². The fourth-order valence-electron chi connectivity index (χ4n) is 0.644. The van der Waals surface area contributed by atoms with E-state index in [4.69, 9.17) is 10.8 Å².